The second kappa shape index (κ2) is 4.05. The van der Waals surface area contributed by atoms with Crippen LogP contribution in [0.5, 0.6) is 0 Å². The first-order valence-corrected chi connectivity index (χ1v) is 5.30. The monoisotopic (exact) mass is 221 g/mol. The zero-order chi connectivity index (χ0) is 11.7. The summed E-state index contributed by atoms with van der Waals surface area (Å²) in [6.07, 6.45) is 0.593. The number of hydrogen-bond acceptors (Lipinski definition) is 4. The lowest BCUT2D eigenvalue weighted by atomic mass is 10.2. The summed E-state index contributed by atoms with van der Waals surface area (Å²) in [5, 5.41) is 2.93. The maximum atomic E-state index is 11.7. The highest BCUT2D eigenvalue weighted by Crippen LogP contribution is 2.08. The molecule has 2 aromatic rings. The minimum absolute atomic E-state index is 0.146. The first-order chi connectivity index (χ1) is 7.61. The van der Waals surface area contributed by atoms with Crippen LogP contribution < -0.4 is 11.3 Å². The zero-order valence-electron chi connectivity index (χ0n) is 9.40. The van der Waals surface area contributed by atoms with Crippen LogP contribution in [0.4, 0.5) is 0 Å². The van der Waals surface area contributed by atoms with Crippen LogP contribution in [0, 0.1) is 0 Å². The Hall–Kier alpha value is -1.69. The molecule has 2 aromatic heterocycles. The minimum atomic E-state index is -0.146. The molecule has 0 radical (unpaired) electrons. The fraction of sp³-hybridized carbons (Fsp3) is 0.500. The molecule has 86 valence electrons. The van der Waals surface area contributed by atoms with Gasteiger partial charge in [0.1, 0.15) is 5.82 Å². The van der Waals surface area contributed by atoms with E-state index < -0.39 is 0 Å². The van der Waals surface area contributed by atoms with Crippen molar-refractivity contribution in [3.8, 4) is 0 Å². The summed E-state index contributed by atoms with van der Waals surface area (Å²) in [7, 11) is 0. The quantitative estimate of drug-likeness (QED) is 0.766. The van der Waals surface area contributed by atoms with Gasteiger partial charge in [-0.05, 0) is 6.54 Å². The summed E-state index contributed by atoms with van der Waals surface area (Å²) < 4.78 is 1.36. The Morgan fingerprint density at radius 2 is 2.25 bits per heavy atom. The molecule has 0 saturated heterocycles. The van der Waals surface area contributed by atoms with Gasteiger partial charge in [0.2, 0.25) is 0 Å². The molecule has 0 saturated carbocycles. The molecule has 6 nitrogen and oxygen atoms in total. The predicted octanol–water partition coefficient (Wildman–Crippen LogP) is 0.0422. The van der Waals surface area contributed by atoms with Gasteiger partial charge < -0.3 is 5.73 Å². The van der Waals surface area contributed by atoms with E-state index in [0.717, 1.165) is 5.82 Å². The van der Waals surface area contributed by atoms with Gasteiger partial charge in [0, 0.05) is 18.4 Å². The molecular weight excluding hydrogens is 206 g/mol. The Morgan fingerprint density at radius 1 is 1.50 bits per heavy atom. The van der Waals surface area contributed by atoms with Gasteiger partial charge in [0.25, 0.3) is 11.3 Å². The number of nitrogens with two attached hydrogens (primary N) is 1. The number of nitrogens with zero attached hydrogens (tertiary/aromatic N) is 3. The minimum Gasteiger partial charge on any atom is -0.330 e. The fourth-order valence-electron chi connectivity index (χ4n) is 1.48. The Morgan fingerprint density at radius 3 is 2.88 bits per heavy atom. The van der Waals surface area contributed by atoms with Crippen molar-refractivity contribution >= 4 is 5.78 Å². The summed E-state index contributed by atoms with van der Waals surface area (Å²) in [6, 6.07) is 1.49. The zero-order valence-corrected chi connectivity index (χ0v) is 9.40. The van der Waals surface area contributed by atoms with Crippen molar-refractivity contribution in [1.82, 2.24) is 19.6 Å². The molecule has 0 spiro atoms. The van der Waals surface area contributed by atoms with Crippen molar-refractivity contribution in [2.24, 2.45) is 5.73 Å². The molecule has 2 heterocycles. The van der Waals surface area contributed by atoms with Crippen molar-refractivity contribution in [3.05, 3.63) is 27.9 Å². The molecule has 0 amide bonds. The Balaban J connectivity index is 2.59. The van der Waals surface area contributed by atoms with Gasteiger partial charge in [-0.15, -0.1) is 0 Å². The van der Waals surface area contributed by atoms with Gasteiger partial charge in [-0.3, -0.25) is 9.89 Å². The Labute approximate surface area is 92.5 Å². The fourth-order valence-corrected chi connectivity index (χ4v) is 1.48. The third-order valence-corrected chi connectivity index (χ3v) is 2.35. The molecule has 0 unspecified atom stereocenters. The SMILES string of the molecule is CC(C)c1nc2nc(CCN)cc(=O)n2[nH]1. The van der Waals surface area contributed by atoms with Crippen molar-refractivity contribution in [3.63, 3.8) is 0 Å². The first kappa shape index (κ1) is 10.8. The number of fused-ring (bicyclic) bond motifs is 1. The second-order valence-corrected chi connectivity index (χ2v) is 4.02. The van der Waals surface area contributed by atoms with Crippen molar-refractivity contribution in [2.45, 2.75) is 26.2 Å². The summed E-state index contributed by atoms with van der Waals surface area (Å²) >= 11 is 0. The van der Waals surface area contributed by atoms with E-state index in [9.17, 15) is 4.79 Å². The van der Waals surface area contributed by atoms with Crippen LogP contribution in [0.1, 0.15) is 31.3 Å². The molecule has 16 heavy (non-hydrogen) atoms. The molecule has 2 rings (SSSR count). The predicted molar refractivity (Wildman–Crippen MR) is 60.5 cm³/mol. The maximum Gasteiger partial charge on any atom is 0.274 e. The number of H-pyrrole nitrogens is 1. The molecule has 0 bridgehead atoms. The topological polar surface area (TPSA) is 89.1 Å². The van der Waals surface area contributed by atoms with Gasteiger partial charge in [-0.2, -0.15) is 9.50 Å². The number of nitrogens with one attached hydrogen (secondary N) is 1. The highest BCUT2D eigenvalue weighted by atomic mass is 16.1. The standard InChI is InChI=1S/C10H15N5O/c1-6(2)9-13-10-12-7(3-4-11)5-8(16)15(10)14-9/h5-6H,3-4,11H2,1-2H3,(H,12,13,14). The van der Waals surface area contributed by atoms with Crippen LogP contribution in [0.15, 0.2) is 10.9 Å². The third-order valence-electron chi connectivity index (χ3n) is 2.35. The number of aromatic amines is 1. The van der Waals surface area contributed by atoms with Crippen LogP contribution >= 0.6 is 0 Å². The molecule has 3 N–H and O–H groups in total. The largest absolute Gasteiger partial charge is 0.330 e. The van der Waals surface area contributed by atoms with E-state index >= 15 is 0 Å². The molecular formula is C10H15N5O. The average Bonchev–Trinajstić information content (AvgIpc) is 2.62. The summed E-state index contributed by atoms with van der Waals surface area (Å²) in [5.74, 6) is 1.41. The number of rotatable bonds is 3. The van der Waals surface area contributed by atoms with Crippen LogP contribution in [0.25, 0.3) is 5.78 Å². The Bertz CT molecular complexity index is 554. The molecule has 0 aliphatic carbocycles. The van der Waals surface area contributed by atoms with Gasteiger partial charge in [-0.1, -0.05) is 13.8 Å². The average molecular weight is 221 g/mol. The Kier molecular flexibility index (Phi) is 2.74. The highest BCUT2D eigenvalue weighted by molar-refractivity contribution is 5.28. The summed E-state index contributed by atoms with van der Waals surface area (Å²) in [4.78, 5) is 20.3. The van der Waals surface area contributed by atoms with Crippen molar-refractivity contribution in [2.75, 3.05) is 6.54 Å². The van der Waals surface area contributed by atoms with E-state index in [0.29, 0.717) is 24.4 Å². The molecule has 0 atom stereocenters. The molecule has 6 heteroatoms. The van der Waals surface area contributed by atoms with Crippen LogP contribution in [0.2, 0.25) is 0 Å². The molecule has 0 fully saturated rings. The lowest BCUT2D eigenvalue weighted by Gasteiger charge is -1.96. The van der Waals surface area contributed by atoms with Crippen LogP contribution in [-0.4, -0.2) is 26.1 Å². The molecule has 0 aliphatic heterocycles. The van der Waals surface area contributed by atoms with Gasteiger partial charge >= 0.3 is 0 Å². The van der Waals surface area contributed by atoms with Gasteiger partial charge in [0.05, 0.1) is 5.69 Å². The maximum absolute atomic E-state index is 11.7. The van der Waals surface area contributed by atoms with Crippen molar-refractivity contribution < 1.29 is 0 Å². The molecule has 0 aliphatic rings. The van der Waals surface area contributed by atoms with E-state index in [4.69, 9.17) is 5.73 Å². The first-order valence-electron chi connectivity index (χ1n) is 5.30. The lowest BCUT2D eigenvalue weighted by molar-refractivity contribution is 0.756. The van der Waals surface area contributed by atoms with Gasteiger partial charge in [0.15, 0.2) is 0 Å². The van der Waals surface area contributed by atoms with Crippen LogP contribution in [-0.2, 0) is 6.42 Å². The van der Waals surface area contributed by atoms with Crippen molar-refractivity contribution in [1.29, 1.82) is 0 Å². The van der Waals surface area contributed by atoms with E-state index in [1.165, 1.54) is 10.6 Å². The van der Waals surface area contributed by atoms with Gasteiger partial charge in [-0.25, -0.2) is 4.98 Å². The normalized spacial score (nSPS) is 11.5. The lowest BCUT2D eigenvalue weighted by Crippen LogP contribution is -2.17. The second-order valence-electron chi connectivity index (χ2n) is 4.02. The highest BCUT2D eigenvalue weighted by Gasteiger charge is 2.09. The van der Waals surface area contributed by atoms with E-state index in [-0.39, 0.29) is 11.5 Å². The smallest absolute Gasteiger partial charge is 0.274 e. The van der Waals surface area contributed by atoms with E-state index in [1.807, 2.05) is 13.8 Å². The van der Waals surface area contributed by atoms with Crippen LogP contribution in [0.3, 0.4) is 0 Å². The number of hydrogen-bond donors (Lipinski definition) is 2. The summed E-state index contributed by atoms with van der Waals surface area (Å²) in [5.41, 5.74) is 5.97. The third kappa shape index (κ3) is 1.83. The van der Waals surface area contributed by atoms with E-state index in [1.54, 1.807) is 0 Å². The molecule has 0 aromatic carbocycles. The summed E-state index contributed by atoms with van der Waals surface area (Å²) in [6.45, 7) is 4.48. The number of aromatic nitrogens is 4. The van der Waals surface area contributed by atoms with E-state index in [2.05, 4.69) is 15.1 Å².